The zero-order valence-electron chi connectivity index (χ0n) is 6.80. The molecule has 0 unspecified atom stereocenters. The fourth-order valence-electron chi connectivity index (χ4n) is 0.913. The summed E-state index contributed by atoms with van der Waals surface area (Å²) in [5.41, 5.74) is 1.42. The van der Waals surface area contributed by atoms with Crippen molar-refractivity contribution in [3.05, 3.63) is 40.4 Å². The molecule has 0 aromatic heterocycles. The molecule has 0 saturated carbocycles. The molecule has 3 heteroatoms. The Bertz CT molecular complexity index is 364. The number of allylic oxidation sites excluding steroid dienone is 1. The van der Waals surface area contributed by atoms with Crippen molar-refractivity contribution in [2.75, 3.05) is 5.88 Å². The molecule has 0 N–H and O–H groups in total. The predicted octanol–water partition coefficient (Wildman–Crippen LogP) is 3.46. The topological polar surface area (TPSA) is 23.8 Å². The number of rotatable bonds is 2. The van der Waals surface area contributed by atoms with E-state index in [9.17, 15) is 0 Å². The van der Waals surface area contributed by atoms with Gasteiger partial charge in [0, 0.05) is 5.88 Å². The Morgan fingerprint density at radius 2 is 2.23 bits per heavy atom. The highest BCUT2D eigenvalue weighted by Crippen LogP contribution is 2.17. The van der Waals surface area contributed by atoms with Crippen molar-refractivity contribution in [1.29, 1.82) is 5.26 Å². The molecular weight excluding hydrogens is 205 g/mol. The van der Waals surface area contributed by atoms with Gasteiger partial charge in [0.2, 0.25) is 0 Å². The first-order valence-corrected chi connectivity index (χ1v) is 4.61. The molecular formula is C10H7Cl2N. The molecule has 1 aromatic rings. The van der Waals surface area contributed by atoms with E-state index in [0.29, 0.717) is 16.5 Å². The number of nitrogens with zero attached hydrogens (tertiary/aromatic N) is 1. The lowest BCUT2D eigenvalue weighted by atomic mass is 10.1. The van der Waals surface area contributed by atoms with Crippen LogP contribution in [0.2, 0.25) is 5.02 Å². The van der Waals surface area contributed by atoms with Crippen LogP contribution in [0.5, 0.6) is 0 Å². The van der Waals surface area contributed by atoms with Gasteiger partial charge >= 0.3 is 0 Å². The van der Waals surface area contributed by atoms with Crippen LogP contribution in [0.15, 0.2) is 24.3 Å². The van der Waals surface area contributed by atoms with Crippen LogP contribution in [0, 0.1) is 11.3 Å². The molecule has 0 amide bonds. The molecule has 66 valence electrons. The van der Waals surface area contributed by atoms with Crippen LogP contribution in [0.4, 0.5) is 0 Å². The van der Waals surface area contributed by atoms with Gasteiger partial charge in [0.25, 0.3) is 0 Å². The van der Waals surface area contributed by atoms with Crippen molar-refractivity contribution in [1.82, 2.24) is 0 Å². The lowest BCUT2D eigenvalue weighted by molar-refractivity contribution is 1.48. The fraction of sp³-hybridized carbons (Fsp3) is 0.100. The van der Waals surface area contributed by atoms with Crippen LogP contribution in [-0.4, -0.2) is 5.88 Å². The van der Waals surface area contributed by atoms with Gasteiger partial charge in [-0.15, -0.1) is 11.6 Å². The molecule has 0 fully saturated rings. The molecule has 0 spiro atoms. The summed E-state index contributed by atoms with van der Waals surface area (Å²) < 4.78 is 0. The van der Waals surface area contributed by atoms with Crippen LogP contribution in [0.25, 0.3) is 6.08 Å². The molecule has 13 heavy (non-hydrogen) atoms. The van der Waals surface area contributed by atoms with Crippen LogP contribution >= 0.6 is 23.2 Å². The van der Waals surface area contributed by atoms with E-state index in [4.69, 9.17) is 28.5 Å². The standard InChI is InChI=1S/C10H7Cl2N/c11-5-1-2-8-3-4-10(12)9(6-8)7-13/h1-4,6H,5H2. The van der Waals surface area contributed by atoms with Crippen LogP contribution < -0.4 is 0 Å². The molecule has 0 bridgehead atoms. The summed E-state index contributed by atoms with van der Waals surface area (Å²) >= 11 is 11.2. The monoisotopic (exact) mass is 211 g/mol. The second kappa shape index (κ2) is 4.91. The Morgan fingerprint density at radius 1 is 1.46 bits per heavy atom. The predicted molar refractivity (Wildman–Crippen MR) is 55.9 cm³/mol. The quantitative estimate of drug-likeness (QED) is 0.688. The van der Waals surface area contributed by atoms with Gasteiger partial charge in [-0.3, -0.25) is 0 Å². The van der Waals surface area contributed by atoms with E-state index in [1.807, 2.05) is 24.3 Å². The molecule has 0 heterocycles. The summed E-state index contributed by atoms with van der Waals surface area (Å²) in [5.74, 6) is 0.463. The van der Waals surface area contributed by atoms with E-state index < -0.39 is 0 Å². The number of nitriles is 1. The summed E-state index contributed by atoms with van der Waals surface area (Å²) in [5, 5.41) is 9.16. The minimum atomic E-state index is 0.463. The Morgan fingerprint density at radius 3 is 2.85 bits per heavy atom. The molecule has 0 aliphatic rings. The summed E-state index contributed by atoms with van der Waals surface area (Å²) in [6.45, 7) is 0. The van der Waals surface area contributed by atoms with Crippen molar-refractivity contribution in [2.24, 2.45) is 0 Å². The van der Waals surface area contributed by atoms with Crippen molar-refractivity contribution >= 4 is 29.3 Å². The number of benzene rings is 1. The third-order valence-corrected chi connectivity index (χ3v) is 2.02. The van der Waals surface area contributed by atoms with E-state index in [-0.39, 0.29) is 0 Å². The second-order valence-electron chi connectivity index (χ2n) is 2.41. The first kappa shape index (κ1) is 10.1. The molecule has 0 aliphatic carbocycles. The molecule has 0 saturated heterocycles. The second-order valence-corrected chi connectivity index (χ2v) is 3.12. The normalized spacial score (nSPS) is 10.2. The van der Waals surface area contributed by atoms with Gasteiger partial charge in [0.05, 0.1) is 10.6 Å². The van der Waals surface area contributed by atoms with E-state index >= 15 is 0 Å². The molecule has 0 aliphatic heterocycles. The third-order valence-electron chi connectivity index (χ3n) is 1.51. The summed E-state index contributed by atoms with van der Waals surface area (Å²) in [6, 6.07) is 7.28. The van der Waals surface area contributed by atoms with Crippen LogP contribution in [0.1, 0.15) is 11.1 Å². The molecule has 0 atom stereocenters. The minimum Gasteiger partial charge on any atom is -0.192 e. The first-order chi connectivity index (χ1) is 6.27. The van der Waals surface area contributed by atoms with E-state index in [2.05, 4.69) is 0 Å². The molecule has 1 aromatic carbocycles. The Hall–Kier alpha value is -0.970. The zero-order chi connectivity index (χ0) is 9.68. The number of hydrogen-bond acceptors (Lipinski definition) is 1. The Labute approximate surface area is 87.2 Å². The highest BCUT2D eigenvalue weighted by atomic mass is 35.5. The smallest absolute Gasteiger partial charge is 0.101 e. The largest absolute Gasteiger partial charge is 0.192 e. The van der Waals surface area contributed by atoms with Crippen molar-refractivity contribution < 1.29 is 0 Å². The van der Waals surface area contributed by atoms with Gasteiger partial charge in [0.15, 0.2) is 0 Å². The summed E-state index contributed by atoms with van der Waals surface area (Å²) in [7, 11) is 0. The molecule has 1 nitrogen and oxygen atoms in total. The van der Waals surface area contributed by atoms with Gasteiger partial charge in [-0.1, -0.05) is 29.8 Å². The fourth-order valence-corrected chi connectivity index (χ4v) is 1.16. The third kappa shape index (κ3) is 2.77. The van der Waals surface area contributed by atoms with Gasteiger partial charge in [-0.25, -0.2) is 0 Å². The van der Waals surface area contributed by atoms with Gasteiger partial charge in [0.1, 0.15) is 6.07 Å². The lowest BCUT2D eigenvalue weighted by Crippen LogP contribution is -1.79. The maximum Gasteiger partial charge on any atom is 0.101 e. The number of hydrogen-bond donors (Lipinski definition) is 0. The van der Waals surface area contributed by atoms with E-state index in [1.54, 1.807) is 12.1 Å². The Balaban J connectivity index is 3.01. The average Bonchev–Trinajstić information content (AvgIpc) is 2.16. The van der Waals surface area contributed by atoms with Crippen LogP contribution in [-0.2, 0) is 0 Å². The Kier molecular flexibility index (Phi) is 3.82. The number of halogens is 2. The van der Waals surface area contributed by atoms with Crippen LogP contribution in [0.3, 0.4) is 0 Å². The van der Waals surface area contributed by atoms with E-state index in [0.717, 1.165) is 5.56 Å². The summed E-state index contributed by atoms with van der Waals surface area (Å²) in [4.78, 5) is 0. The SMILES string of the molecule is N#Cc1cc(C=CCCl)ccc1Cl. The first-order valence-electron chi connectivity index (χ1n) is 3.70. The minimum absolute atomic E-state index is 0.463. The lowest BCUT2D eigenvalue weighted by Gasteiger charge is -1.96. The maximum absolute atomic E-state index is 8.68. The molecule has 0 radical (unpaired) electrons. The van der Waals surface area contributed by atoms with Crippen molar-refractivity contribution in [2.45, 2.75) is 0 Å². The maximum atomic E-state index is 8.68. The summed E-state index contributed by atoms with van der Waals surface area (Å²) in [6.07, 6.45) is 3.66. The number of alkyl halides is 1. The van der Waals surface area contributed by atoms with Gasteiger partial charge < -0.3 is 0 Å². The van der Waals surface area contributed by atoms with Crippen molar-refractivity contribution in [3.8, 4) is 6.07 Å². The highest BCUT2D eigenvalue weighted by Gasteiger charge is 1.98. The van der Waals surface area contributed by atoms with E-state index in [1.165, 1.54) is 0 Å². The van der Waals surface area contributed by atoms with Gasteiger partial charge in [-0.05, 0) is 17.7 Å². The molecule has 1 rings (SSSR count). The zero-order valence-corrected chi connectivity index (χ0v) is 8.31. The van der Waals surface area contributed by atoms with Crippen molar-refractivity contribution in [3.63, 3.8) is 0 Å². The average molecular weight is 212 g/mol. The van der Waals surface area contributed by atoms with Gasteiger partial charge in [-0.2, -0.15) is 5.26 Å². The highest BCUT2D eigenvalue weighted by molar-refractivity contribution is 6.31.